The van der Waals surface area contributed by atoms with Gasteiger partial charge < -0.3 is 5.73 Å². The number of nitrogens with two attached hydrogens (primary N) is 1. The van der Waals surface area contributed by atoms with Gasteiger partial charge in [0.05, 0.1) is 0 Å². The molecule has 100 valence electrons. The average Bonchev–Trinajstić information content (AvgIpc) is 2.43. The number of nitrogens with zero attached hydrogens (tertiary/aromatic N) is 2. The lowest BCUT2D eigenvalue weighted by molar-refractivity contribution is 0.257. The second kappa shape index (κ2) is 6.90. The molecule has 0 bridgehead atoms. The molecule has 1 aromatic carbocycles. The van der Waals surface area contributed by atoms with Crippen molar-refractivity contribution in [1.82, 2.24) is 9.88 Å². The summed E-state index contributed by atoms with van der Waals surface area (Å²) in [6.07, 6.45) is 4.90. The fraction of sp³-hybridized carbons (Fsp3) is 0.312. The first-order valence-electron chi connectivity index (χ1n) is 6.73. The van der Waals surface area contributed by atoms with Gasteiger partial charge in [0.25, 0.3) is 0 Å². The van der Waals surface area contributed by atoms with Crippen molar-refractivity contribution in [3.63, 3.8) is 0 Å². The first-order chi connectivity index (χ1) is 9.28. The lowest BCUT2D eigenvalue weighted by atomic mass is 10.1. The van der Waals surface area contributed by atoms with E-state index in [0.717, 1.165) is 31.7 Å². The molecule has 0 spiro atoms. The van der Waals surface area contributed by atoms with Crippen molar-refractivity contribution in [2.45, 2.75) is 26.4 Å². The minimum absolute atomic E-state index is 0.818. The number of benzene rings is 1. The van der Waals surface area contributed by atoms with Gasteiger partial charge in [-0.05, 0) is 42.3 Å². The minimum atomic E-state index is 0.818. The predicted octanol–water partition coefficient (Wildman–Crippen LogP) is 3.08. The molecule has 0 saturated heterocycles. The van der Waals surface area contributed by atoms with Gasteiger partial charge >= 0.3 is 0 Å². The van der Waals surface area contributed by atoms with Gasteiger partial charge in [0.2, 0.25) is 0 Å². The lowest BCUT2D eigenvalue weighted by Crippen LogP contribution is -2.23. The quantitative estimate of drug-likeness (QED) is 0.807. The molecule has 0 atom stereocenters. The normalized spacial score (nSPS) is 10.8. The molecule has 0 radical (unpaired) electrons. The van der Waals surface area contributed by atoms with Crippen LogP contribution in [0.3, 0.4) is 0 Å². The van der Waals surface area contributed by atoms with Crippen LogP contribution < -0.4 is 5.73 Å². The van der Waals surface area contributed by atoms with Crippen molar-refractivity contribution in [3.05, 3.63) is 59.9 Å². The van der Waals surface area contributed by atoms with Crippen LogP contribution in [0.5, 0.6) is 0 Å². The first kappa shape index (κ1) is 13.6. The second-order valence-corrected chi connectivity index (χ2v) is 4.81. The molecule has 2 rings (SSSR count). The number of pyridine rings is 1. The topological polar surface area (TPSA) is 42.1 Å². The standard InChI is InChI=1S/C16H21N3/c1-2-10-19(13-15-4-3-9-18-11-15)12-14-5-7-16(17)8-6-14/h3-9,11H,2,10,12-13,17H2,1H3. The largest absolute Gasteiger partial charge is 0.399 e. The molecule has 2 aromatic rings. The van der Waals surface area contributed by atoms with Crippen LogP contribution in [-0.2, 0) is 13.1 Å². The fourth-order valence-electron chi connectivity index (χ4n) is 2.16. The summed E-state index contributed by atoms with van der Waals surface area (Å²) in [6, 6.07) is 12.2. The van der Waals surface area contributed by atoms with Crippen LogP contribution >= 0.6 is 0 Å². The molecule has 0 fully saturated rings. The molecular formula is C16H21N3. The van der Waals surface area contributed by atoms with Crippen LogP contribution in [0.2, 0.25) is 0 Å². The van der Waals surface area contributed by atoms with Crippen LogP contribution in [0.1, 0.15) is 24.5 Å². The number of hydrogen-bond donors (Lipinski definition) is 1. The van der Waals surface area contributed by atoms with Gasteiger partial charge in [-0.2, -0.15) is 0 Å². The van der Waals surface area contributed by atoms with E-state index in [4.69, 9.17) is 5.73 Å². The van der Waals surface area contributed by atoms with Gasteiger partial charge in [-0.1, -0.05) is 25.1 Å². The highest BCUT2D eigenvalue weighted by Gasteiger charge is 2.06. The van der Waals surface area contributed by atoms with E-state index in [-0.39, 0.29) is 0 Å². The van der Waals surface area contributed by atoms with Crippen LogP contribution in [0.15, 0.2) is 48.8 Å². The van der Waals surface area contributed by atoms with Gasteiger partial charge in [0.15, 0.2) is 0 Å². The van der Waals surface area contributed by atoms with Gasteiger partial charge in [-0.25, -0.2) is 0 Å². The van der Waals surface area contributed by atoms with Crippen LogP contribution in [0, 0.1) is 0 Å². The number of nitrogen functional groups attached to an aromatic ring is 1. The fourth-order valence-corrected chi connectivity index (χ4v) is 2.16. The van der Waals surface area contributed by atoms with E-state index < -0.39 is 0 Å². The van der Waals surface area contributed by atoms with Crippen molar-refractivity contribution in [2.75, 3.05) is 12.3 Å². The monoisotopic (exact) mass is 255 g/mol. The predicted molar refractivity (Wildman–Crippen MR) is 79.5 cm³/mol. The zero-order valence-corrected chi connectivity index (χ0v) is 11.4. The Morgan fingerprint density at radius 3 is 2.42 bits per heavy atom. The van der Waals surface area contributed by atoms with Gasteiger partial charge in [0, 0.05) is 31.2 Å². The lowest BCUT2D eigenvalue weighted by Gasteiger charge is -2.21. The third kappa shape index (κ3) is 4.38. The molecule has 0 amide bonds. The highest BCUT2D eigenvalue weighted by molar-refractivity contribution is 5.39. The Morgan fingerprint density at radius 2 is 1.79 bits per heavy atom. The zero-order chi connectivity index (χ0) is 13.5. The molecule has 19 heavy (non-hydrogen) atoms. The Balaban J connectivity index is 2.01. The summed E-state index contributed by atoms with van der Waals surface area (Å²) < 4.78 is 0. The van der Waals surface area contributed by atoms with E-state index in [0.29, 0.717) is 0 Å². The Kier molecular flexibility index (Phi) is 4.93. The minimum Gasteiger partial charge on any atom is -0.399 e. The molecule has 0 saturated carbocycles. The molecule has 0 unspecified atom stereocenters. The maximum atomic E-state index is 5.72. The first-order valence-corrected chi connectivity index (χ1v) is 6.73. The summed E-state index contributed by atoms with van der Waals surface area (Å²) in [5, 5.41) is 0. The molecule has 1 heterocycles. The smallest absolute Gasteiger partial charge is 0.0314 e. The van der Waals surface area contributed by atoms with Crippen molar-refractivity contribution in [3.8, 4) is 0 Å². The zero-order valence-electron chi connectivity index (χ0n) is 11.4. The summed E-state index contributed by atoms with van der Waals surface area (Å²) in [5.74, 6) is 0. The van der Waals surface area contributed by atoms with Crippen LogP contribution in [0.25, 0.3) is 0 Å². The SMILES string of the molecule is CCCN(Cc1ccc(N)cc1)Cc1cccnc1. The number of aromatic nitrogens is 1. The summed E-state index contributed by atoms with van der Waals surface area (Å²) in [6.45, 7) is 5.17. The second-order valence-electron chi connectivity index (χ2n) is 4.81. The van der Waals surface area contributed by atoms with E-state index in [1.54, 1.807) is 0 Å². The number of anilines is 1. The van der Waals surface area contributed by atoms with Crippen molar-refractivity contribution in [1.29, 1.82) is 0 Å². The summed E-state index contributed by atoms with van der Waals surface area (Å²) in [5.41, 5.74) is 9.09. The van der Waals surface area contributed by atoms with Gasteiger partial charge in [-0.15, -0.1) is 0 Å². The third-order valence-corrected chi connectivity index (χ3v) is 3.05. The molecule has 3 nitrogen and oxygen atoms in total. The summed E-state index contributed by atoms with van der Waals surface area (Å²) in [4.78, 5) is 6.61. The summed E-state index contributed by atoms with van der Waals surface area (Å²) in [7, 11) is 0. The maximum absolute atomic E-state index is 5.72. The molecule has 0 aliphatic heterocycles. The summed E-state index contributed by atoms with van der Waals surface area (Å²) >= 11 is 0. The van der Waals surface area contributed by atoms with Crippen molar-refractivity contribution >= 4 is 5.69 Å². The van der Waals surface area contributed by atoms with Crippen molar-refractivity contribution < 1.29 is 0 Å². The average molecular weight is 255 g/mol. The Hall–Kier alpha value is -1.87. The molecule has 2 N–H and O–H groups in total. The Morgan fingerprint density at radius 1 is 1.05 bits per heavy atom. The molecular weight excluding hydrogens is 234 g/mol. The Labute approximate surface area is 115 Å². The van der Waals surface area contributed by atoms with E-state index in [2.05, 4.69) is 35.0 Å². The molecule has 3 heteroatoms. The maximum Gasteiger partial charge on any atom is 0.0314 e. The van der Waals surface area contributed by atoms with Gasteiger partial charge in [0.1, 0.15) is 0 Å². The number of rotatable bonds is 6. The van der Waals surface area contributed by atoms with E-state index >= 15 is 0 Å². The van der Waals surface area contributed by atoms with E-state index in [1.165, 1.54) is 11.1 Å². The molecule has 0 aliphatic rings. The highest BCUT2D eigenvalue weighted by atomic mass is 15.1. The molecule has 0 aliphatic carbocycles. The van der Waals surface area contributed by atoms with E-state index in [1.807, 2.05) is 30.6 Å². The van der Waals surface area contributed by atoms with Crippen LogP contribution in [0.4, 0.5) is 5.69 Å². The van der Waals surface area contributed by atoms with Crippen LogP contribution in [-0.4, -0.2) is 16.4 Å². The molecule has 1 aromatic heterocycles. The number of hydrogen-bond acceptors (Lipinski definition) is 3. The van der Waals surface area contributed by atoms with E-state index in [9.17, 15) is 0 Å². The third-order valence-electron chi connectivity index (χ3n) is 3.05. The van der Waals surface area contributed by atoms with Gasteiger partial charge in [-0.3, -0.25) is 9.88 Å². The highest BCUT2D eigenvalue weighted by Crippen LogP contribution is 2.11. The Bertz CT molecular complexity index is 479. The van der Waals surface area contributed by atoms with Crippen molar-refractivity contribution in [2.24, 2.45) is 0 Å².